The Kier molecular flexibility index (Phi) is 23.0. The van der Waals surface area contributed by atoms with E-state index in [-0.39, 0.29) is 83.6 Å². The van der Waals surface area contributed by atoms with Crippen molar-refractivity contribution in [1.82, 2.24) is 43.6 Å². The third-order valence-corrected chi connectivity index (χ3v) is 18.3. The van der Waals surface area contributed by atoms with Gasteiger partial charge in [0.1, 0.15) is 0 Å². The van der Waals surface area contributed by atoms with Gasteiger partial charge >= 0.3 is 0 Å². The van der Waals surface area contributed by atoms with E-state index in [1.54, 1.807) is 18.6 Å². The van der Waals surface area contributed by atoms with Gasteiger partial charge in [0, 0.05) is 140 Å². The molecule has 12 aromatic rings. The predicted molar refractivity (Wildman–Crippen MR) is 386 cm³/mol. The zero-order chi connectivity index (χ0) is 69.1. The zero-order valence-corrected chi connectivity index (χ0v) is 57.8. The fourth-order valence-electron chi connectivity index (χ4n) is 13.7. The van der Waals surface area contributed by atoms with E-state index in [0.717, 1.165) is 100 Å². The Hall–Kier alpha value is -10.1. The predicted octanol–water partition coefficient (Wildman–Crippen LogP) is 16.5. The second-order valence-corrected chi connectivity index (χ2v) is 25.0. The molecule has 0 aliphatic rings. The summed E-state index contributed by atoms with van der Waals surface area (Å²) in [5.74, 6) is 0.145. The molecule has 0 radical (unpaired) electrons. The normalized spacial score (nSPS) is 12.1. The van der Waals surface area contributed by atoms with Crippen LogP contribution in [0.15, 0.2) is 179 Å². The molecule has 17 heteroatoms. The molecule has 0 spiro atoms. The summed E-state index contributed by atoms with van der Waals surface area (Å²) >= 11 is 0.250. The second-order valence-electron chi connectivity index (χ2n) is 24.7. The molecular weight excluding hydrogens is 1220 g/mol. The summed E-state index contributed by atoms with van der Waals surface area (Å²) in [7, 11) is 0. The summed E-state index contributed by atoms with van der Waals surface area (Å²) in [5, 5.41) is 2.74. The van der Waals surface area contributed by atoms with Gasteiger partial charge in [-0.15, -0.1) is 0 Å². The van der Waals surface area contributed by atoms with E-state index in [0.29, 0.717) is 36.0 Å². The van der Waals surface area contributed by atoms with Crippen molar-refractivity contribution in [2.75, 3.05) is 6.26 Å². The van der Waals surface area contributed by atoms with Crippen LogP contribution in [0.3, 0.4) is 0 Å². The first kappa shape index (κ1) is 70.2. The lowest BCUT2D eigenvalue weighted by Gasteiger charge is -2.18. The van der Waals surface area contributed by atoms with Crippen molar-refractivity contribution in [1.29, 1.82) is 0 Å². The number of fused-ring (bicyclic) bond motifs is 3. The minimum atomic E-state index is -0.105. The number of aryl methyl sites for hydroxylation is 6. The number of hydrogen-bond acceptors (Lipinski definition) is 10. The highest BCUT2D eigenvalue weighted by Crippen LogP contribution is 2.36. The van der Waals surface area contributed by atoms with Crippen molar-refractivity contribution in [2.45, 2.75) is 140 Å². The van der Waals surface area contributed by atoms with Crippen molar-refractivity contribution in [2.24, 2.45) is 0 Å². The Labute approximate surface area is 563 Å². The van der Waals surface area contributed by atoms with Crippen LogP contribution in [0.2, 0.25) is 0 Å². The molecule has 96 heavy (non-hydrogen) atoms. The van der Waals surface area contributed by atoms with Crippen LogP contribution >= 0.6 is 12.1 Å². The van der Waals surface area contributed by atoms with Crippen molar-refractivity contribution in [3.8, 4) is 0 Å². The number of aromatic amines is 3. The highest BCUT2D eigenvalue weighted by molar-refractivity contribution is 7.93. The Bertz CT molecular complexity index is 4480. The number of aromatic nitrogens is 9. The fraction of sp³-hybridized carbons (Fsp3) is 0.278. The molecule has 0 fully saturated rings. The average Bonchev–Trinajstić information content (AvgIpc) is 1.62. The highest BCUT2D eigenvalue weighted by atomic mass is 32.2. The number of benzene rings is 3. The number of nitrogens with one attached hydrogen (secondary N) is 3. The smallest absolute Gasteiger partial charge is 0.251 e. The molecule has 0 saturated carbocycles. The van der Waals surface area contributed by atoms with Crippen molar-refractivity contribution in [3.63, 3.8) is 0 Å². The molecule has 494 valence electrons. The molecule has 0 aliphatic heterocycles. The van der Waals surface area contributed by atoms with Crippen molar-refractivity contribution >= 4 is 62.2 Å². The molecular formula is C79H84FN9O6S. The third-order valence-electron chi connectivity index (χ3n) is 18.3. The van der Waals surface area contributed by atoms with Crippen LogP contribution in [0.1, 0.15) is 173 Å². The molecule has 3 atom stereocenters. The summed E-state index contributed by atoms with van der Waals surface area (Å²) in [6, 6.07) is 42.5. The van der Waals surface area contributed by atoms with Crippen molar-refractivity contribution in [3.05, 3.63) is 297 Å². The van der Waals surface area contributed by atoms with Crippen LogP contribution in [0.5, 0.6) is 0 Å². The van der Waals surface area contributed by atoms with Crippen LogP contribution in [0, 0.1) is 62.3 Å². The summed E-state index contributed by atoms with van der Waals surface area (Å²) in [4.78, 5) is 98.6. The van der Waals surface area contributed by atoms with Gasteiger partial charge in [-0.25, -0.2) is 0 Å². The van der Waals surface area contributed by atoms with E-state index >= 15 is 0 Å². The molecule has 0 amide bonds. The van der Waals surface area contributed by atoms with Gasteiger partial charge in [0.25, 0.3) is 16.7 Å². The third kappa shape index (κ3) is 15.3. The molecule has 0 aliphatic carbocycles. The number of H-pyrrole nitrogens is 3. The lowest BCUT2D eigenvalue weighted by Crippen LogP contribution is -2.17. The summed E-state index contributed by atoms with van der Waals surface area (Å²) in [6.07, 6.45) is 14.2. The topological polar surface area (TPSA) is 203 Å². The van der Waals surface area contributed by atoms with Gasteiger partial charge < -0.3 is 28.7 Å². The quantitative estimate of drug-likeness (QED) is 0.0694. The average molecular weight is 1310 g/mol. The number of Topliss-reactive ketones (excluding diaryl/α,β-unsaturated/α-hetero) is 3. The molecule has 3 N–H and O–H groups in total. The fourth-order valence-corrected chi connectivity index (χ4v) is 13.7. The van der Waals surface area contributed by atoms with Crippen LogP contribution in [0.4, 0.5) is 3.89 Å². The molecule has 3 aromatic carbocycles. The molecule has 12 rings (SSSR count). The Morgan fingerprint density at radius 2 is 0.656 bits per heavy atom. The van der Waals surface area contributed by atoms with Crippen LogP contribution < -0.4 is 16.7 Å². The highest BCUT2D eigenvalue weighted by Gasteiger charge is 2.27. The monoisotopic (exact) mass is 1310 g/mol. The van der Waals surface area contributed by atoms with E-state index in [1.165, 1.54) is 22.9 Å². The van der Waals surface area contributed by atoms with Crippen molar-refractivity contribution < 1.29 is 18.3 Å². The number of halogens is 1. The lowest BCUT2D eigenvalue weighted by atomic mass is 9.99. The number of ketones is 3. The number of nitrogens with zero attached hydrogens (tertiary/aromatic N) is 6. The Morgan fingerprint density at radius 3 is 0.885 bits per heavy atom. The van der Waals surface area contributed by atoms with Crippen LogP contribution in [-0.2, 0) is 19.3 Å². The molecule has 0 saturated heterocycles. The number of carbonyl (C=O) groups is 3. The summed E-state index contributed by atoms with van der Waals surface area (Å²) in [6.45, 7) is 23.8. The summed E-state index contributed by atoms with van der Waals surface area (Å²) in [5.41, 5.74) is 18.3. The van der Waals surface area contributed by atoms with Crippen LogP contribution in [0.25, 0.3) is 32.7 Å². The maximum atomic E-state index is 13.4. The SMILES string of the molecule is CSF.Cc1cc(C)c(CCC(=O)c2c(C)n(C(C)c3ccccc3)c3cnccc23)c(=O)[nH]1.Cc1cc(C)c(CCC(=O)c2c(C)n(C(C)c3ccccc3)c3cnccc23)c(=O)[nH]1.Cc1cc(C)c(CCC(=O)c2c(C)n(C(C)c3ccccc3)c3cnccc23)c(=O)[nH]1. The first-order valence-corrected chi connectivity index (χ1v) is 33.5. The number of rotatable bonds is 18. The molecule has 9 aromatic heterocycles. The Balaban J connectivity index is 0.000000165. The largest absolute Gasteiger partial charge is 0.336 e. The van der Waals surface area contributed by atoms with Crippen LogP contribution in [-0.4, -0.2) is 67.2 Å². The number of hydrogen-bond donors (Lipinski definition) is 3. The van der Waals surface area contributed by atoms with E-state index in [2.05, 4.69) is 101 Å². The maximum absolute atomic E-state index is 13.4. The lowest BCUT2D eigenvalue weighted by molar-refractivity contribution is 0.0975. The number of carbonyl (C=O) groups excluding carboxylic acids is 3. The summed E-state index contributed by atoms with van der Waals surface area (Å²) < 4.78 is 16.8. The molecule has 15 nitrogen and oxygen atoms in total. The first-order valence-electron chi connectivity index (χ1n) is 32.4. The van der Waals surface area contributed by atoms with E-state index < -0.39 is 0 Å². The molecule has 3 unspecified atom stereocenters. The maximum Gasteiger partial charge on any atom is 0.251 e. The van der Waals surface area contributed by atoms with E-state index in [1.807, 2.05) is 172 Å². The minimum absolute atomic E-state index is 0.0482. The second kappa shape index (κ2) is 31.4. The molecule has 9 heterocycles. The Morgan fingerprint density at radius 1 is 0.417 bits per heavy atom. The van der Waals surface area contributed by atoms with Gasteiger partial charge in [0.2, 0.25) is 0 Å². The van der Waals surface area contributed by atoms with E-state index in [4.69, 9.17) is 0 Å². The van der Waals surface area contributed by atoms with Gasteiger partial charge in [0.05, 0.1) is 53.3 Å². The van der Waals surface area contributed by atoms with Gasteiger partial charge in [-0.3, -0.25) is 43.7 Å². The zero-order valence-electron chi connectivity index (χ0n) is 57.0. The van der Waals surface area contributed by atoms with E-state index in [9.17, 15) is 32.7 Å². The van der Waals surface area contributed by atoms with Gasteiger partial charge in [-0.2, -0.15) is 3.89 Å². The number of pyridine rings is 6. The van der Waals surface area contributed by atoms with Gasteiger partial charge in [-0.05, 0) is 172 Å². The molecule has 0 bridgehead atoms. The first-order chi connectivity index (χ1) is 46.1. The minimum Gasteiger partial charge on any atom is -0.336 e. The van der Waals surface area contributed by atoms with Gasteiger partial charge in [-0.1, -0.05) is 91.0 Å². The van der Waals surface area contributed by atoms with Gasteiger partial charge in [0.15, 0.2) is 17.3 Å². The standard InChI is InChI=1S/3C26H27N3O2.CH3FS/c3*1-16-14-17(2)28-26(31)21(16)10-11-24(30)25-19(4)29(23-15-27-13-12-22(23)25)18(3)20-8-6-5-7-9-20;1-3-2/h3*5-9,12-15,18H,10-11H2,1-4H3,(H,28,31);1H3.